The molecule has 0 spiro atoms. The van der Waals surface area contributed by atoms with Gasteiger partial charge in [-0.2, -0.15) is 0 Å². The fourth-order valence-corrected chi connectivity index (χ4v) is 3.24. The van der Waals surface area contributed by atoms with Crippen LogP contribution in [0.25, 0.3) is 0 Å². The van der Waals surface area contributed by atoms with Gasteiger partial charge in [-0.15, -0.1) is 0 Å². The molecule has 116 valence electrons. The van der Waals surface area contributed by atoms with E-state index in [1.165, 1.54) is 5.56 Å². The highest BCUT2D eigenvalue weighted by Gasteiger charge is 2.27. The topological polar surface area (TPSA) is 46.3 Å². The lowest BCUT2D eigenvalue weighted by atomic mass is 9.90. The molecule has 1 fully saturated rings. The Morgan fingerprint density at radius 3 is 2.52 bits per heavy atom. The first kappa shape index (κ1) is 16.0. The average Bonchev–Trinajstić information content (AvgIpc) is 2.48. The lowest BCUT2D eigenvalue weighted by molar-refractivity contribution is -0.133. The molecule has 1 aromatic carbocycles. The summed E-state index contributed by atoms with van der Waals surface area (Å²) in [5.74, 6) is 0.270. The van der Waals surface area contributed by atoms with E-state index in [1.807, 2.05) is 12.1 Å². The van der Waals surface area contributed by atoms with Crippen molar-refractivity contribution in [1.29, 1.82) is 0 Å². The molecule has 2 N–H and O–H groups in total. The van der Waals surface area contributed by atoms with E-state index in [9.17, 15) is 4.79 Å². The second kappa shape index (κ2) is 7.60. The highest BCUT2D eigenvalue weighted by molar-refractivity contribution is 5.79. The van der Waals surface area contributed by atoms with Crippen LogP contribution in [-0.2, 0) is 11.2 Å². The summed E-state index contributed by atoms with van der Waals surface area (Å²) in [6.45, 7) is 5.08. The normalized spacial score (nSPS) is 22.0. The number of carbonyl (C=O) groups excluding carboxylic acids is 1. The first-order valence-corrected chi connectivity index (χ1v) is 8.21. The smallest absolute Gasteiger partial charge is 0.227 e. The van der Waals surface area contributed by atoms with Crippen molar-refractivity contribution >= 4 is 5.91 Å². The summed E-state index contributed by atoms with van der Waals surface area (Å²) in [6.07, 6.45) is 5.74. The SMILES string of the molecule is CCCN(C(=O)Cc1ccccc1C)C1CCC(N)CC1. The first-order valence-electron chi connectivity index (χ1n) is 8.21. The molecule has 0 heterocycles. The zero-order valence-corrected chi connectivity index (χ0v) is 13.3. The Hall–Kier alpha value is -1.35. The van der Waals surface area contributed by atoms with E-state index in [-0.39, 0.29) is 5.91 Å². The number of rotatable bonds is 5. The van der Waals surface area contributed by atoms with Gasteiger partial charge in [0.2, 0.25) is 5.91 Å². The van der Waals surface area contributed by atoms with E-state index in [0.717, 1.165) is 44.2 Å². The maximum Gasteiger partial charge on any atom is 0.227 e. The van der Waals surface area contributed by atoms with E-state index in [2.05, 4.69) is 30.9 Å². The molecular weight excluding hydrogens is 260 g/mol. The molecule has 1 saturated carbocycles. The van der Waals surface area contributed by atoms with Gasteiger partial charge in [0.15, 0.2) is 0 Å². The molecule has 21 heavy (non-hydrogen) atoms. The Morgan fingerprint density at radius 1 is 1.24 bits per heavy atom. The summed E-state index contributed by atoms with van der Waals surface area (Å²) in [7, 11) is 0. The van der Waals surface area contributed by atoms with Gasteiger partial charge < -0.3 is 10.6 Å². The number of carbonyl (C=O) groups is 1. The van der Waals surface area contributed by atoms with Crippen LogP contribution in [0.15, 0.2) is 24.3 Å². The number of amides is 1. The standard InChI is InChI=1S/C18H28N2O/c1-3-12-20(17-10-8-16(19)9-11-17)18(21)13-15-7-5-4-6-14(15)2/h4-7,16-17H,3,8-13,19H2,1-2H3. The van der Waals surface area contributed by atoms with Gasteiger partial charge >= 0.3 is 0 Å². The summed E-state index contributed by atoms with van der Waals surface area (Å²) in [5, 5.41) is 0. The molecule has 3 heteroatoms. The largest absolute Gasteiger partial charge is 0.339 e. The molecule has 1 aliphatic carbocycles. The minimum absolute atomic E-state index is 0.270. The number of hydrogen-bond donors (Lipinski definition) is 1. The average molecular weight is 288 g/mol. The third-order valence-corrected chi connectivity index (χ3v) is 4.57. The fourth-order valence-electron chi connectivity index (χ4n) is 3.24. The van der Waals surface area contributed by atoms with Gasteiger partial charge in [-0.05, 0) is 50.2 Å². The van der Waals surface area contributed by atoms with Crippen molar-refractivity contribution < 1.29 is 4.79 Å². The predicted molar refractivity (Wildman–Crippen MR) is 87.1 cm³/mol. The minimum atomic E-state index is 0.270. The molecule has 0 radical (unpaired) electrons. The Morgan fingerprint density at radius 2 is 1.90 bits per heavy atom. The van der Waals surface area contributed by atoms with Crippen LogP contribution in [0.3, 0.4) is 0 Å². The van der Waals surface area contributed by atoms with E-state index in [0.29, 0.717) is 18.5 Å². The van der Waals surface area contributed by atoms with Crippen molar-refractivity contribution in [2.45, 2.75) is 64.5 Å². The van der Waals surface area contributed by atoms with Crippen LogP contribution in [-0.4, -0.2) is 29.4 Å². The second-order valence-electron chi connectivity index (χ2n) is 6.26. The monoisotopic (exact) mass is 288 g/mol. The molecule has 3 nitrogen and oxygen atoms in total. The molecule has 1 aliphatic rings. The molecule has 1 amide bonds. The molecule has 0 saturated heterocycles. The van der Waals surface area contributed by atoms with Crippen LogP contribution in [0.1, 0.15) is 50.2 Å². The van der Waals surface area contributed by atoms with Crippen LogP contribution < -0.4 is 5.73 Å². The molecular formula is C18H28N2O. The summed E-state index contributed by atoms with van der Waals surface area (Å²) in [6, 6.07) is 8.90. The lowest BCUT2D eigenvalue weighted by Gasteiger charge is -2.36. The minimum Gasteiger partial charge on any atom is -0.339 e. The molecule has 2 rings (SSSR count). The summed E-state index contributed by atoms with van der Waals surface area (Å²) >= 11 is 0. The highest BCUT2D eigenvalue weighted by Crippen LogP contribution is 2.23. The highest BCUT2D eigenvalue weighted by atomic mass is 16.2. The molecule has 0 aromatic heterocycles. The summed E-state index contributed by atoms with van der Waals surface area (Å²) in [4.78, 5) is 14.8. The number of nitrogens with zero attached hydrogens (tertiary/aromatic N) is 1. The van der Waals surface area contributed by atoms with Gasteiger partial charge in [0, 0.05) is 18.6 Å². The van der Waals surface area contributed by atoms with Gasteiger partial charge in [0.1, 0.15) is 0 Å². The third kappa shape index (κ3) is 4.31. The predicted octanol–water partition coefficient (Wildman–Crippen LogP) is 3.05. The van der Waals surface area contributed by atoms with Crippen molar-refractivity contribution in [2.24, 2.45) is 5.73 Å². The van der Waals surface area contributed by atoms with Gasteiger partial charge in [0.25, 0.3) is 0 Å². The maximum absolute atomic E-state index is 12.7. The maximum atomic E-state index is 12.7. The quantitative estimate of drug-likeness (QED) is 0.905. The Kier molecular flexibility index (Phi) is 5.80. The van der Waals surface area contributed by atoms with Gasteiger partial charge in [0.05, 0.1) is 6.42 Å². The number of aryl methyl sites for hydroxylation is 1. The van der Waals surface area contributed by atoms with Crippen LogP contribution in [0, 0.1) is 6.92 Å². The number of benzene rings is 1. The van der Waals surface area contributed by atoms with Crippen molar-refractivity contribution in [2.75, 3.05) is 6.54 Å². The lowest BCUT2D eigenvalue weighted by Crippen LogP contribution is -2.45. The van der Waals surface area contributed by atoms with Crippen molar-refractivity contribution in [3.8, 4) is 0 Å². The van der Waals surface area contributed by atoms with E-state index in [4.69, 9.17) is 5.73 Å². The van der Waals surface area contributed by atoms with E-state index >= 15 is 0 Å². The van der Waals surface area contributed by atoms with Crippen LogP contribution >= 0.6 is 0 Å². The molecule has 0 aliphatic heterocycles. The molecule has 0 bridgehead atoms. The third-order valence-electron chi connectivity index (χ3n) is 4.57. The molecule has 0 atom stereocenters. The van der Waals surface area contributed by atoms with Gasteiger partial charge in [-0.25, -0.2) is 0 Å². The Bertz CT molecular complexity index is 464. The van der Waals surface area contributed by atoms with Crippen LogP contribution in [0.4, 0.5) is 0 Å². The number of nitrogens with two attached hydrogens (primary N) is 1. The van der Waals surface area contributed by atoms with E-state index < -0.39 is 0 Å². The van der Waals surface area contributed by atoms with Crippen molar-refractivity contribution in [3.63, 3.8) is 0 Å². The van der Waals surface area contributed by atoms with Gasteiger partial charge in [-0.1, -0.05) is 31.2 Å². The van der Waals surface area contributed by atoms with Crippen molar-refractivity contribution in [3.05, 3.63) is 35.4 Å². The summed E-state index contributed by atoms with van der Waals surface area (Å²) < 4.78 is 0. The van der Waals surface area contributed by atoms with Gasteiger partial charge in [-0.3, -0.25) is 4.79 Å². The van der Waals surface area contributed by atoms with Crippen molar-refractivity contribution in [1.82, 2.24) is 4.90 Å². The van der Waals surface area contributed by atoms with E-state index in [1.54, 1.807) is 0 Å². The van der Waals surface area contributed by atoms with Crippen LogP contribution in [0.2, 0.25) is 0 Å². The molecule has 0 unspecified atom stereocenters. The van der Waals surface area contributed by atoms with Crippen LogP contribution in [0.5, 0.6) is 0 Å². The zero-order valence-electron chi connectivity index (χ0n) is 13.3. The first-order chi connectivity index (χ1) is 10.1. The number of hydrogen-bond acceptors (Lipinski definition) is 2. The Labute approximate surface area is 128 Å². The fraction of sp³-hybridized carbons (Fsp3) is 0.611. The summed E-state index contributed by atoms with van der Waals surface area (Å²) in [5.41, 5.74) is 8.34. The Balaban J connectivity index is 2.03. The zero-order chi connectivity index (χ0) is 15.2. The second-order valence-corrected chi connectivity index (χ2v) is 6.26. The molecule has 1 aromatic rings.